The van der Waals surface area contributed by atoms with Crippen LogP contribution in [0.1, 0.15) is 6.42 Å². The molecule has 0 bridgehead atoms. The highest BCUT2D eigenvalue weighted by Gasteiger charge is 2.22. The molecule has 4 heteroatoms. The maximum atomic E-state index is 5.80. The Kier molecular flexibility index (Phi) is 2.64. The first-order valence-corrected chi connectivity index (χ1v) is 5.00. The van der Waals surface area contributed by atoms with E-state index in [1.807, 2.05) is 6.07 Å². The standard InChI is InChI=1S/C9H12ClN3/c10-5-8-2-4-13(6-8)9-1-3-11-7-12-9/h1,3,7-8H,2,4-6H2. The van der Waals surface area contributed by atoms with Gasteiger partial charge in [0.2, 0.25) is 0 Å². The molecule has 1 aromatic heterocycles. The Morgan fingerprint density at radius 1 is 1.62 bits per heavy atom. The highest BCUT2D eigenvalue weighted by molar-refractivity contribution is 6.18. The maximum Gasteiger partial charge on any atom is 0.131 e. The van der Waals surface area contributed by atoms with Gasteiger partial charge in [-0.05, 0) is 18.4 Å². The highest BCUT2D eigenvalue weighted by Crippen LogP contribution is 2.21. The minimum absolute atomic E-state index is 0.622. The molecule has 0 amide bonds. The number of halogens is 1. The van der Waals surface area contributed by atoms with Gasteiger partial charge in [-0.3, -0.25) is 0 Å². The summed E-state index contributed by atoms with van der Waals surface area (Å²) in [7, 11) is 0. The van der Waals surface area contributed by atoms with Crippen molar-refractivity contribution < 1.29 is 0 Å². The Morgan fingerprint density at radius 3 is 3.15 bits per heavy atom. The molecule has 0 aromatic carbocycles. The zero-order valence-corrected chi connectivity index (χ0v) is 8.11. The summed E-state index contributed by atoms with van der Waals surface area (Å²) in [6, 6.07) is 1.94. The topological polar surface area (TPSA) is 29.0 Å². The van der Waals surface area contributed by atoms with Gasteiger partial charge < -0.3 is 4.90 Å². The quantitative estimate of drug-likeness (QED) is 0.674. The lowest BCUT2D eigenvalue weighted by molar-refractivity contribution is 0.666. The van der Waals surface area contributed by atoms with Crippen LogP contribution in [0.15, 0.2) is 18.6 Å². The first-order chi connectivity index (χ1) is 6.40. The molecular formula is C9H12ClN3. The molecular weight excluding hydrogens is 186 g/mol. The fourth-order valence-electron chi connectivity index (χ4n) is 1.64. The highest BCUT2D eigenvalue weighted by atomic mass is 35.5. The van der Waals surface area contributed by atoms with Crippen molar-refractivity contribution in [3.63, 3.8) is 0 Å². The van der Waals surface area contributed by atoms with E-state index in [4.69, 9.17) is 11.6 Å². The average molecular weight is 198 g/mol. The normalized spacial score (nSPS) is 22.2. The van der Waals surface area contributed by atoms with Crippen LogP contribution in [0.5, 0.6) is 0 Å². The van der Waals surface area contributed by atoms with Gasteiger partial charge >= 0.3 is 0 Å². The van der Waals surface area contributed by atoms with Crippen LogP contribution in [-0.4, -0.2) is 28.9 Å². The van der Waals surface area contributed by atoms with Gasteiger partial charge in [-0.25, -0.2) is 9.97 Å². The van der Waals surface area contributed by atoms with E-state index in [1.165, 1.54) is 6.42 Å². The second-order valence-electron chi connectivity index (χ2n) is 3.32. The van der Waals surface area contributed by atoms with Crippen LogP contribution >= 0.6 is 11.6 Å². The summed E-state index contributed by atoms with van der Waals surface area (Å²) in [4.78, 5) is 10.4. The Balaban J connectivity index is 2.04. The molecule has 0 saturated carbocycles. The molecule has 70 valence electrons. The molecule has 0 spiro atoms. The zero-order valence-electron chi connectivity index (χ0n) is 7.36. The van der Waals surface area contributed by atoms with Gasteiger partial charge in [0.15, 0.2) is 0 Å². The van der Waals surface area contributed by atoms with Crippen LogP contribution < -0.4 is 4.90 Å². The minimum atomic E-state index is 0.622. The number of anilines is 1. The monoisotopic (exact) mass is 197 g/mol. The Morgan fingerprint density at radius 2 is 2.54 bits per heavy atom. The summed E-state index contributed by atoms with van der Waals surface area (Å²) < 4.78 is 0. The SMILES string of the molecule is ClCC1CCN(c2ccncn2)C1. The van der Waals surface area contributed by atoms with Crippen molar-refractivity contribution >= 4 is 17.4 Å². The molecule has 0 radical (unpaired) electrons. The first-order valence-electron chi connectivity index (χ1n) is 4.47. The number of hydrogen-bond acceptors (Lipinski definition) is 3. The van der Waals surface area contributed by atoms with Gasteiger partial charge in [0, 0.05) is 25.2 Å². The molecule has 0 aliphatic carbocycles. The van der Waals surface area contributed by atoms with Crippen molar-refractivity contribution in [1.82, 2.24) is 9.97 Å². The summed E-state index contributed by atoms with van der Waals surface area (Å²) >= 11 is 5.80. The predicted octanol–water partition coefficient (Wildman–Crippen LogP) is 1.54. The fourth-order valence-corrected chi connectivity index (χ4v) is 1.89. The largest absolute Gasteiger partial charge is 0.356 e. The number of rotatable bonds is 2. The van der Waals surface area contributed by atoms with Crippen LogP contribution in [-0.2, 0) is 0 Å². The van der Waals surface area contributed by atoms with Gasteiger partial charge in [0.05, 0.1) is 0 Å². The lowest BCUT2D eigenvalue weighted by Crippen LogP contribution is -2.20. The van der Waals surface area contributed by atoms with E-state index in [0.717, 1.165) is 24.8 Å². The number of nitrogens with zero attached hydrogens (tertiary/aromatic N) is 3. The summed E-state index contributed by atoms with van der Waals surface area (Å²) in [6.07, 6.45) is 4.53. The molecule has 2 rings (SSSR count). The zero-order chi connectivity index (χ0) is 9.10. The number of hydrogen-bond donors (Lipinski definition) is 0. The lowest BCUT2D eigenvalue weighted by Gasteiger charge is -2.15. The molecule has 13 heavy (non-hydrogen) atoms. The van der Waals surface area contributed by atoms with E-state index in [1.54, 1.807) is 12.5 Å². The Hall–Kier alpha value is -0.830. The molecule has 0 N–H and O–H groups in total. The molecule has 1 aromatic rings. The Labute approximate surface area is 82.8 Å². The van der Waals surface area contributed by atoms with Crippen LogP contribution in [0.25, 0.3) is 0 Å². The second-order valence-corrected chi connectivity index (χ2v) is 3.63. The van der Waals surface area contributed by atoms with Crippen LogP contribution in [0.2, 0.25) is 0 Å². The van der Waals surface area contributed by atoms with Gasteiger partial charge in [-0.1, -0.05) is 0 Å². The Bertz CT molecular complexity index is 265. The molecule has 1 saturated heterocycles. The van der Waals surface area contributed by atoms with Crippen LogP contribution in [0.4, 0.5) is 5.82 Å². The summed E-state index contributed by atoms with van der Waals surface area (Å²) in [5.41, 5.74) is 0. The average Bonchev–Trinajstić information content (AvgIpc) is 2.67. The van der Waals surface area contributed by atoms with Gasteiger partial charge in [0.25, 0.3) is 0 Å². The summed E-state index contributed by atoms with van der Waals surface area (Å²) in [6.45, 7) is 2.09. The van der Waals surface area contributed by atoms with E-state index >= 15 is 0 Å². The van der Waals surface area contributed by atoms with Crippen LogP contribution in [0.3, 0.4) is 0 Å². The van der Waals surface area contributed by atoms with Crippen molar-refractivity contribution in [3.8, 4) is 0 Å². The van der Waals surface area contributed by atoms with Gasteiger partial charge in [-0.2, -0.15) is 0 Å². The van der Waals surface area contributed by atoms with Crippen molar-refractivity contribution in [2.75, 3.05) is 23.9 Å². The predicted molar refractivity (Wildman–Crippen MR) is 53.1 cm³/mol. The van der Waals surface area contributed by atoms with Crippen LogP contribution in [0, 0.1) is 5.92 Å². The smallest absolute Gasteiger partial charge is 0.131 e. The third kappa shape index (κ3) is 1.91. The number of alkyl halides is 1. The van der Waals surface area contributed by atoms with E-state index in [-0.39, 0.29) is 0 Å². The molecule has 3 nitrogen and oxygen atoms in total. The lowest BCUT2D eigenvalue weighted by atomic mass is 10.2. The fraction of sp³-hybridized carbons (Fsp3) is 0.556. The molecule has 1 aliphatic heterocycles. The molecule has 1 atom stereocenters. The second kappa shape index (κ2) is 3.92. The first kappa shape index (κ1) is 8.75. The molecule has 1 unspecified atom stereocenters. The van der Waals surface area contributed by atoms with Crippen molar-refractivity contribution in [3.05, 3.63) is 18.6 Å². The van der Waals surface area contributed by atoms with E-state index in [9.17, 15) is 0 Å². The van der Waals surface area contributed by atoms with E-state index in [2.05, 4.69) is 14.9 Å². The third-order valence-corrected chi connectivity index (χ3v) is 2.83. The van der Waals surface area contributed by atoms with Crippen molar-refractivity contribution in [1.29, 1.82) is 0 Å². The summed E-state index contributed by atoms with van der Waals surface area (Å²) in [5.74, 6) is 2.39. The molecule has 1 fully saturated rings. The minimum Gasteiger partial charge on any atom is -0.356 e. The number of aromatic nitrogens is 2. The van der Waals surface area contributed by atoms with Gasteiger partial charge in [-0.15, -0.1) is 11.6 Å². The van der Waals surface area contributed by atoms with E-state index < -0.39 is 0 Å². The van der Waals surface area contributed by atoms with Crippen molar-refractivity contribution in [2.24, 2.45) is 5.92 Å². The van der Waals surface area contributed by atoms with Crippen molar-refractivity contribution in [2.45, 2.75) is 6.42 Å². The molecule has 1 aliphatic rings. The van der Waals surface area contributed by atoms with E-state index in [0.29, 0.717) is 5.92 Å². The summed E-state index contributed by atoms with van der Waals surface area (Å²) in [5, 5.41) is 0. The third-order valence-electron chi connectivity index (χ3n) is 2.39. The van der Waals surface area contributed by atoms with Gasteiger partial charge in [0.1, 0.15) is 12.1 Å². The maximum absolute atomic E-state index is 5.80. The molecule has 2 heterocycles.